The summed E-state index contributed by atoms with van der Waals surface area (Å²) >= 11 is 6.45. The van der Waals surface area contributed by atoms with E-state index in [-0.39, 0.29) is 0 Å². The van der Waals surface area contributed by atoms with Gasteiger partial charge in [0.1, 0.15) is 0 Å². The molecule has 21 heavy (non-hydrogen) atoms. The van der Waals surface area contributed by atoms with Gasteiger partial charge in [0.15, 0.2) is 0 Å². The van der Waals surface area contributed by atoms with Gasteiger partial charge in [0, 0.05) is 0 Å². The van der Waals surface area contributed by atoms with Crippen molar-refractivity contribution >= 4 is 11.6 Å². The molecule has 0 heterocycles. The molecule has 0 aliphatic rings. The Bertz CT molecular complexity index is 636. The number of hydrogen-bond acceptors (Lipinski definition) is 0. The van der Waals surface area contributed by atoms with E-state index in [4.69, 9.17) is 11.6 Å². The Morgan fingerprint density at radius 1 is 0.952 bits per heavy atom. The maximum Gasteiger partial charge on any atom is 0.416 e. The van der Waals surface area contributed by atoms with Gasteiger partial charge in [-0.1, -0.05) is 29.8 Å². The summed E-state index contributed by atoms with van der Waals surface area (Å²) in [6.45, 7) is 5.84. The van der Waals surface area contributed by atoms with Crippen molar-refractivity contribution in [3.63, 3.8) is 0 Å². The van der Waals surface area contributed by atoms with Crippen molar-refractivity contribution in [2.45, 2.75) is 32.3 Å². The summed E-state index contributed by atoms with van der Waals surface area (Å²) in [6.07, 6.45) is -4.36. The molecule has 1 atom stereocenters. The van der Waals surface area contributed by atoms with Crippen LogP contribution in [-0.4, -0.2) is 0 Å². The number of alkyl halides is 4. The molecular formula is C17H16ClF3. The molecule has 2 aromatic carbocycles. The third-order valence-electron chi connectivity index (χ3n) is 3.50. The highest BCUT2D eigenvalue weighted by Gasteiger charge is 2.31. The zero-order valence-corrected chi connectivity index (χ0v) is 12.8. The van der Waals surface area contributed by atoms with Crippen LogP contribution in [0, 0.1) is 20.8 Å². The van der Waals surface area contributed by atoms with Gasteiger partial charge < -0.3 is 0 Å². The molecule has 112 valence electrons. The van der Waals surface area contributed by atoms with Crippen LogP contribution in [0.25, 0.3) is 0 Å². The minimum atomic E-state index is -4.36. The van der Waals surface area contributed by atoms with Crippen LogP contribution in [0.5, 0.6) is 0 Å². The summed E-state index contributed by atoms with van der Waals surface area (Å²) in [5.41, 5.74) is 3.76. The Balaban J connectivity index is 2.48. The van der Waals surface area contributed by atoms with Crippen molar-refractivity contribution in [2.24, 2.45) is 0 Å². The highest BCUT2D eigenvalue weighted by molar-refractivity contribution is 6.22. The van der Waals surface area contributed by atoms with E-state index in [1.165, 1.54) is 6.07 Å². The number of rotatable bonds is 2. The minimum absolute atomic E-state index is 0.460. The smallest absolute Gasteiger partial charge is 0.166 e. The molecule has 0 nitrogen and oxygen atoms in total. The Labute approximate surface area is 127 Å². The second-order valence-electron chi connectivity index (χ2n) is 5.30. The van der Waals surface area contributed by atoms with Crippen LogP contribution in [0.15, 0.2) is 36.4 Å². The van der Waals surface area contributed by atoms with Gasteiger partial charge in [-0.15, -0.1) is 11.6 Å². The molecule has 0 aromatic heterocycles. The number of halogens is 4. The van der Waals surface area contributed by atoms with E-state index in [2.05, 4.69) is 0 Å². The number of hydrogen-bond donors (Lipinski definition) is 0. The molecule has 0 saturated carbocycles. The van der Waals surface area contributed by atoms with Gasteiger partial charge in [-0.05, 0) is 55.2 Å². The number of benzene rings is 2. The lowest BCUT2D eigenvalue weighted by Crippen LogP contribution is -2.07. The Morgan fingerprint density at radius 2 is 1.52 bits per heavy atom. The van der Waals surface area contributed by atoms with E-state index < -0.39 is 17.1 Å². The summed E-state index contributed by atoms with van der Waals surface area (Å²) in [6, 6.07) is 9.19. The fourth-order valence-electron chi connectivity index (χ4n) is 2.63. The van der Waals surface area contributed by atoms with Crippen LogP contribution in [0.4, 0.5) is 13.2 Å². The third kappa shape index (κ3) is 3.41. The number of aryl methyl sites for hydroxylation is 3. The van der Waals surface area contributed by atoms with Crippen LogP contribution < -0.4 is 0 Å². The van der Waals surface area contributed by atoms with Crippen molar-refractivity contribution in [3.8, 4) is 0 Å². The standard InChI is InChI=1S/C17H16ClF3/c1-10-7-11(2)15(12(3)8-10)16(18)13-5-4-6-14(9-13)17(19,20)21/h4-9,16H,1-3H3. The van der Waals surface area contributed by atoms with Gasteiger partial charge in [0.05, 0.1) is 10.9 Å². The second-order valence-corrected chi connectivity index (χ2v) is 5.73. The maximum atomic E-state index is 12.8. The molecule has 0 aliphatic heterocycles. The fraction of sp³-hybridized carbons (Fsp3) is 0.294. The van der Waals surface area contributed by atoms with Gasteiger partial charge in [-0.2, -0.15) is 13.2 Å². The first-order valence-corrected chi connectivity index (χ1v) is 7.03. The van der Waals surface area contributed by atoms with Gasteiger partial charge >= 0.3 is 6.18 Å². The molecule has 0 saturated heterocycles. The summed E-state index contributed by atoms with van der Waals surface area (Å²) < 4.78 is 38.4. The van der Waals surface area contributed by atoms with E-state index in [1.807, 2.05) is 32.9 Å². The quantitative estimate of drug-likeness (QED) is 0.600. The van der Waals surface area contributed by atoms with Crippen LogP contribution in [0.2, 0.25) is 0 Å². The van der Waals surface area contributed by atoms with Gasteiger partial charge in [0.25, 0.3) is 0 Å². The van der Waals surface area contributed by atoms with E-state index >= 15 is 0 Å². The molecule has 2 rings (SSSR count). The zero-order chi connectivity index (χ0) is 15.8. The third-order valence-corrected chi connectivity index (χ3v) is 3.97. The topological polar surface area (TPSA) is 0 Å². The fourth-order valence-corrected chi connectivity index (χ4v) is 3.11. The molecular weight excluding hydrogens is 297 g/mol. The lowest BCUT2D eigenvalue weighted by Gasteiger charge is -2.18. The summed E-state index contributed by atoms with van der Waals surface area (Å²) in [4.78, 5) is 0. The highest BCUT2D eigenvalue weighted by Crippen LogP contribution is 2.37. The molecule has 0 radical (unpaired) electrons. The molecule has 0 bridgehead atoms. The van der Waals surface area contributed by atoms with Crippen molar-refractivity contribution in [1.82, 2.24) is 0 Å². The first kappa shape index (κ1) is 15.9. The van der Waals surface area contributed by atoms with Gasteiger partial charge in [-0.3, -0.25) is 0 Å². The SMILES string of the molecule is Cc1cc(C)c(C(Cl)c2cccc(C(F)(F)F)c2)c(C)c1. The molecule has 4 heteroatoms. The molecule has 0 amide bonds. The second kappa shape index (κ2) is 5.72. The Hall–Kier alpha value is -1.48. The average molecular weight is 313 g/mol. The maximum absolute atomic E-state index is 12.8. The predicted octanol–water partition coefficient (Wildman–Crippen LogP) is 5.96. The van der Waals surface area contributed by atoms with Gasteiger partial charge in [-0.25, -0.2) is 0 Å². The Kier molecular flexibility index (Phi) is 4.33. The Morgan fingerprint density at radius 3 is 2.05 bits per heavy atom. The van der Waals surface area contributed by atoms with Crippen LogP contribution in [-0.2, 0) is 6.18 Å². The molecule has 2 aromatic rings. The molecule has 0 fully saturated rings. The molecule has 0 N–H and O–H groups in total. The van der Waals surface area contributed by atoms with Crippen LogP contribution in [0.1, 0.15) is 38.8 Å². The first-order chi connectivity index (χ1) is 9.70. The van der Waals surface area contributed by atoms with Gasteiger partial charge in [0.2, 0.25) is 0 Å². The largest absolute Gasteiger partial charge is 0.416 e. The van der Waals surface area contributed by atoms with E-state index in [0.717, 1.165) is 34.4 Å². The summed E-state index contributed by atoms with van der Waals surface area (Å²) in [7, 11) is 0. The van der Waals surface area contributed by atoms with E-state index in [0.29, 0.717) is 5.56 Å². The summed E-state index contributed by atoms with van der Waals surface area (Å²) in [5.74, 6) is 0. The van der Waals surface area contributed by atoms with Crippen LogP contribution >= 0.6 is 11.6 Å². The van der Waals surface area contributed by atoms with Crippen molar-refractivity contribution in [1.29, 1.82) is 0 Å². The lowest BCUT2D eigenvalue weighted by atomic mass is 9.93. The predicted molar refractivity (Wildman–Crippen MR) is 79.8 cm³/mol. The van der Waals surface area contributed by atoms with Crippen molar-refractivity contribution < 1.29 is 13.2 Å². The summed E-state index contributed by atoms with van der Waals surface area (Å²) in [5, 5.41) is -0.590. The van der Waals surface area contributed by atoms with Crippen molar-refractivity contribution in [3.05, 3.63) is 69.8 Å². The molecule has 0 aliphatic carbocycles. The zero-order valence-electron chi connectivity index (χ0n) is 12.1. The monoisotopic (exact) mass is 312 g/mol. The highest BCUT2D eigenvalue weighted by atomic mass is 35.5. The van der Waals surface area contributed by atoms with Crippen LogP contribution in [0.3, 0.4) is 0 Å². The average Bonchev–Trinajstić information content (AvgIpc) is 2.36. The normalized spacial score (nSPS) is 13.3. The molecule has 0 spiro atoms. The first-order valence-electron chi connectivity index (χ1n) is 6.59. The minimum Gasteiger partial charge on any atom is -0.166 e. The lowest BCUT2D eigenvalue weighted by molar-refractivity contribution is -0.137. The molecule has 1 unspecified atom stereocenters. The van der Waals surface area contributed by atoms with E-state index in [9.17, 15) is 13.2 Å². The van der Waals surface area contributed by atoms with E-state index in [1.54, 1.807) is 6.07 Å². The van der Waals surface area contributed by atoms with Crippen molar-refractivity contribution in [2.75, 3.05) is 0 Å².